The Bertz CT molecular complexity index is 1860. The van der Waals surface area contributed by atoms with Gasteiger partial charge in [0.2, 0.25) is 5.69 Å². The Labute approximate surface area is 362 Å². The first-order chi connectivity index (χ1) is 29.1. The minimum Gasteiger partial charge on any atom is -0.481 e. The summed E-state index contributed by atoms with van der Waals surface area (Å²) in [5.41, 5.74) is 11.7. The summed E-state index contributed by atoms with van der Waals surface area (Å²) in [6.45, 7) is 16.7. The second-order valence-electron chi connectivity index (χ2n) is 16.1. The van der Waals surface area contributed by atoms with Gasteiger partial charge in [-0.05, 0) is 70.2 Å². The zero-order valence-electron chi connectivity index (χ0n) is 36.3. The number of nitrogens with zero attached hydrogens (tertiary/aromatic N) is 2. The van der Waals surface area contributed by atoms with Crippen LogP contribution < -0.4 is 4.90 Å². The average molecular weight is 851 g/mol. The molecule has 0 spiro atoms. The number of fused-ring (bicyclic) bond motifs is 2. The second-order valence-corrected chi connectivity index (χ2v) is 16.6. The lowest BCUT2D eigenvalue weighted by Crippen LogP contribution is -2.29. The molecule has 328 valence electrons. The molecule has 1 N–H and O–H groups in total. The van der Waals surface area contributed by atoms with E-state index in [9.17, 15) is 4.79 Å². The van der Waals surface area contributed by atoms with Crippen molar-refractivity contribution >= 4 is 34.7 Å². The van der Waals surface area contributed by atoms with Crippen molar-refractivity contribution in [2.24, 2.45) is 5.92 Å². The fourth-order valence-corrected chi connectivity index (χ4v) is 8.40. The van der Waals surface area contributed by atoms with Gasteiger partial charge in [-0.3, -0.25) is 4.79 Å². The van der Waals surface area contributed by atoms with Crippen LogP contribution in [0.5, 0.6) is 0 Å². The Balaban J connectivity index is 1.22. The first-order valence-corrected chi connectivity index (χ1v) is 21.8. The van der Waals surface area contributed by atoms with Crippen molar-refractivity contribution in [2.45, 2.75) is 64.2 Å². The number of para-hydroxylation sites is 2. The Kier molecular flexibility index (Phi) is 19.1. The molecular weight excluding hydrogens is 784 g/mol. The molecule has 60 heavy (non-hydrogen) atoms. The average Bonchev–Trinajstić information content (AvgIpc) is 3.58. The molecule has 3 aliphatic rings. The maximum absolute atomic E-state index is 10.7. The third-order valence-electron chi connectivity index (χ3n) is 11.3. The number of hydrogen-bond acceptors (Lipinski definition) is 9. The molecule has 0 fully saturated rings. The number of methoxy groups -OCH3 is 1. The summed E-state index contributed by atoms with van der Waals surface area (Å²) in [7, 11) is 1.66. The van der Waals surface area contributed by atoms with Crippen LogP contribution in [-0.2, 0) is 48.8 Å². The SMILES string of the molecule is COCCOCCOCCOCCOCCN1C(=C=CC2CCCC(/C=C/C3=[N+](CCOCCOCCC(=O)O)c4ccccc4C3(C)C)=C2Cl)C(C)(C)c2ccccc21. The van der Waals surface area contributed by atoms with E-state index in [2.05, 4.69) is 110 Å². The zero-order chi connectivity index (χ0) is 42.8. The second kappa shape index (κ2) is 24.1. The smallest absolute Gasteiger partial charge is 0.305 e. The van der Waals surface area contributed by atoms with Gasteiger partial charge in [0.05, 0.1) is 96.8 Å². The largest absolute Gasteiger partial charge is 0.481 e. The van der Waals surface area contributed by atoms with E-state index in [1.807, 2.05) is 0 Å². The number of carbonyl (C=O) groups is 1. The third kappa shape index (κ3) is 13.0. The number of allylic oxidation sites excluding steroid dienone is 5. The highest BCUT2D eigenvalue weighted by molar-refractivity contribution is 6.30. The van der Waals surface area contributed by atoms with Crippen LogP contribution >= 0.6 is 11.6 Å². The summed E-state index contributed by atoms with van der Waals surface area (Å²) in [4.78, 5) is 13.1. The molecule has 0 amide bonds. The van der Waals surface area contributed by atoms with Crippen LogP contribution in [0.15, 0.2) is 88.8 Å². The number of benzene rings is 2. The first kappa shape index (κ1) is 47.4. The lowest BCUT2D eigenvalue weighted by atomic mass is 9.81. The highest BCUT2D eigenvalue weighted by Crippen LogP contribution is 2.47. The number of aliphatic carboxylic acids is 1. The Morgan fingerprint density at radius 2 is 1.37 bits per heavy atom. The predicted octanol–water partition coefficient (Wildman–Crippen LogP) is 7.97. The van der Waals surface area contributed by atoms with E-state index in [0.29, 0.717) is 92.4 Å². The van der Waals surface area contributed by atoms with Gasteiger partial charge >= 0.3 is 5.97 Å². The molecule has 1 unspecified atom stereocenters. The third-order valence-corrected chi connectivity index (χ3v) is 11.8. The van der Waals surface area contributed by atoms with E-state index in [1.54, 1.807) is 7.11 Å². The maximum atomic E-state index is 10.7. The highest BCUT2D eigenvalue weighted by Gasteiger charge is 2.44. The number of ether oxygens (including phenoxy) is 7. The summed E-state index contributed by atoms with van der Waals surface area (Å²) in [5, 5.41) is 9.70. The van der Waals surface area contributed by atoms with E-state index < -0.39 is 5.97 Å². The molecule has 12 heteroatoms. The van der Waals surface area contributed by atoms with Gasteiger partial charge in [0.15, 0.2) is 12.3 Å². The van der Waals surface area contributed by atoms with Gasteiger partial charge in [-0.2, -0.15) is 4.58 Å². The van der Waals surface area contributed by atoms with E-state index >= 15 is 0 Å². The molecule has 11 nitrogen and oxygen atoms in total. The Morgan fingerprint density at radius 1 is 0.783 bits per heavy atom. The minimum atomic E-state index is -0.866. The summed E-state index contributed by atoms with van der Waals surface area (Å²) in [6, 6.07) is 17.2. The molecule has 1 aliphatic carbocycles. The van der Waals surface area contributed by atoms with Gasteiger partial charge in [0.25, 0.3) is 0 Å². The lowest BCUT2D eigenvalue weighted by Gasteiger charge is -2.26. The normalized spacial score (nSPS) is 18.1. The number of rotatable bonds is 27. The molecule has 0 aromatic heterocycles. The molecule has 1 atom stereocenters. The van der Waals surface area contributed by atoms with Crippen LogP contribution in [0.4, 0.5) is 11.4 Å². The Morgan fingerprint density at radius 3 is 2.03 bits per heavy atom. The van der Waals surface area contributed by atoms with Crippen LogP contribution in [0, 0.1) is 5.92 Å². The van der Waals surface area contributed by atoms with Gasteiger partial charge < -0.3 is 43.2 Å². The van der Waals surface area contributed by atoms with E-state index in [1.165, 1.54) is 28.2 Å². The van der Waals surface area contributed by atoms with Crippen LogP contribution in [0.25, 0.3) is 0 Å². The lowest BCUT2D eigenvalue weighted by molar-refractivity contribution is -0.442. The summed E-state index contributed by atoms with van der Waals surface area (Å²) < 4.78 is 41.3. The topological polar surface area (TPSA) is 108 Å². The van der Waals surface area contributed by atoms with Gasteiger partial charge in [0.1, 0.15) is 6.61 Å². The number of anilines is 1. The highest BCUT2D eigenvalue weighted by atomic mass is 35.5. The van der Waals surface area contributed by atoms with Crippen molar-refractivity contribution in [1.29, 1.82) is 0 Å². The van der Waals surface area contributed by atoms with E-state index in [0.717, 1.165) is 35.6 Å². The zero-order valence-corrected chi connectivity index (χ0v) is 37.1. The van der Waals surface area contributed by atoms with Crippen molar-refractivity contribution in [3.63, 3.8) is 0 Å². The summed E-state index contributed by atoms with van der Waals surface area (Å²) >= 11 is 7.28. The molecule has 5 rings (SSSR count). The van der Waals surface area contributed by atoms with Crippen molar-refractivity contribution in [1.82, 2.24) is 0 Å². The summed E-state index contributed by atoms with van der Waals surface area (Å²) in [6.07, 6.45) is 9.57. The van der Waals surface area contributed by atoms with Crippen LogP contribution in [0.1, 0.15) is 64.5 Å². The number of hydrogen-bond donors (Lipinski definition) is 1. The molecule has 0 saturated carbocycles. The van der Waals surface area contributed by atoms with Crippen molar-refractivity contribution in [3.8, 4) is 0 Å². The van der Waals surface area contributed by atoms with E-state index in [-0.39, 0.29) is 29.8 Å². The van der Waals surface area contributed by atoms with Gasteiger partial charge in [-0.15, -0.1) is 5.73 Å². The standard InChI is InChI=1S/C48H65ClN2O9/c1-47(2)39-13-6-8-15-41(39)50(22-25-56-30-29-55-24-21-45(52)53)43(47)19-17-37-11-10-12-38(46(37)49)18-20-44-48(3,4)40-14-7-9-16-42(40)51(44)23-26-57-31-32-59-35-36-60-34-33-58-28-27-54-5/h6-9,13-19,38H,10-12,21-36H2,1-5H3/p+1/b19-17+. The monoisotopic (exact) mass is 849 g/mol. The fraction of sp³-hybridized carbons (Fsp3) is 0.562. The quantitative estimate of drug-likeness (QED) is 0.0541. The first-order valence-electron chi connectivity index (χ1n) is 21.4. The van der Waals surface area contributed by atoms with Gasteiger partial charge in [-0.1, -0.05) is 54.1 Å². The molecule has 2 aromatic carbocycles. The van der Waals surface area contributed by atoms with Crippen molar-refractivity contribution in [3.05, 3.63) is 99.9 Å². The predicted molar refractivity (Wildman–Crippen MR) is 236 cm³/mol. The van der Waals surface area contributed by atoms with Gasteiger partial charge in [-0.25, -0.2) is 0 Å². The molecule has 0 bridgehead atoms. The van der Waals surface area contributed by atoms with Crippen molar-refractivity contribution in [2.75, 3.05) is 111 Å². The minimum absolute atomic E-state index is 0.00905. The Hall–Kier alpha value is -3.61. The number of carboxylic acids is 1. The molecular formula is C48H66ClN2O9+. The molecule has 2 heterocycles. The van der Waals surface area contributed by atoms with Crippen LogP contribution in [-0.4, -0.2) is 127 Å². The van der Waals surface area contributed by atoms with Crippen molar-refractivity contribution < 1.29 is 47.6 Å². The fourth-order valence-electron chi connectivity index (χ4n) is 8.07. The molecule has 2 aromatic rings. The van der Waals surface area contributed by atoms with Crippen LogP contribution in [0.3, 0.4) is 0 Å². The molecule has 0 radical (unpaired) electrons. The summed E-state index contributed by atoms with van der Waals surface area (Å²) in [5.74, 6) is -0.801. The maximum Gasteiger partial charge on any atom is 0.305 e. The van der Waals surface area contributed by atoms with E-state index in [4.69, 9.17) is 49.9 Å². The number of halogens is 1. The molecule has 2 aliphatic heterocycles. The molecule has 0 saturated heterocycles. The number of carboxylic acid groups (broad SMARTS) is 1. The van der Waals surface area contributed by atoms with Crippen LogP contribution in [0.2, 0.25) is 0 Å². The van der Waals surface area contributed by atoms with Gasteiger partial charge in [0, 0.05) is 53.4 Å².